The van der Waals surface area contributed by atoms with Crippen LogP contribution < -0.4 is 25.0 Å². The lowest BCUT2D eigenvalue weighted by molar-refractivity contribution is -0.119. The highest BCUT2D eigenvalue weighted by Gasteiger charge is 2.36. The lowest BCUT2D eigenvalue weighted by Gasteiger charge is -2.25. The van der Waals surface area contributed by atoms with Crippen LogP contribution in [0.3, 0.4) is 0 Å². The fraction of sp³-hybridized carbons (Fsp3) is 0.320. The number of halogens is 1. The van der Waals surface area contributed by atoms with Crippen LogP contribution in [0.15, 0.2) is 41.4 Å². The number of hydrogen-bond donors (Lipinski definition) is 2. The molecule has 1 aliphatic carbocycles. The van der Waals surface area contributed by atoms with Crippen molar-refractivity contribution < 1.29 is 19.1 Å². The summed E-state index contributed by atoms with van der Waals surface area (Å²) in [4.78, 5) is 33.5. The molecule has 2 aromatic heterocycles. The number of thioether (sulfide) groups is 1. The molecule has 10 nitrogen and oxygen atoms in total. The van der Waals surface area contributed by atoms with Crippen LogP contribution in [0.2, 0.25) is 5.02 Å². The first-order valence-electron chi connectivity index (χ1n) is 12.7. The van der Waals surface area contributed by atoms with Crippen molar-refractivity contribution in [1.29, 1.82) is 0 Å². The van der Waals surface area contributed by atoms with Crippen molar-refractivity contribution in [3.8, 4) is 11.5 Å². The molecule has 0 spiro atoms. The molecule has 0 bridgehead atoms. The van der Waals surface area contributed by atoms with E-state index in [9.17, 15) is 9.59 Å². The number of pyridine rings is 1. The summed E-state index contributed by atoms with van der Waals surface area (Å²) in [5, 5.41) is 14.8. The maximum atomic E-state index is 13.5. The summed E-state index contributed by atoms with van der Waals surface area (Å²) in [7, 11) is 8.79. The van der Waals surface area contributed by atoms with E-state index < -0.39 is 11.1 Å². The van der Waals surface area contributed by atoms with Crippen molar-refractivity contribution in [2.75, 3.05) is 30.7 Å². The van der Waals surface area contributed by atoms with E-state index in [1.54, 1.807) is 37.3 Å². The van der Waals surface area contributed by atoms with Gasteiger partial charge in [-0.05, 0) is 42.5 Å². The molecule has 15 heteroatoms. The minimum atomic E-state index is -0.503. The average molecular weight is 579 g/mol. The van der Waals surface area contributed by atoms with Crippen LogP contribution in [0.5, 0.6) is 11.5 Å². The molecule has 0 radical (unpaired) electrons. The van der Waals surface area contributed by atoms with Crippen molar-refractivity contribution in [2.45, 2.75) is 29.5 Å². The van der Waals surface area contributed by atoms with Gasteiger partial charge >= 0.3 is 0 Å². The zero-order chi connectivity index (χ0) is 29.0. The molecule has 0 unspecified atom stereocenters. The smallest absolute Gasteiger partial charge is 0.272 e. The Morgan fingerprint density at radius 2 is 1.90 bits per heavy atom. The number of amides is 2. The number of nitrogens with zero attached hydrogens (tertiary/aromatic N) is 4. The molecule has 1 aromatic carbocycles. The van der Waals surface area contributed by atoms with Gasteiger partial charge in [-0.15, -0.1) is 22.0 Å². The fourth-order valence-corrected chi connectivity index (χ4v) is 4.71. The van der Waals surface area contributed by atoms with Crippen molar-refractivity contribution in [3.63, 3.8) is 0 Å². The summed E-state index contributed by atoms with van der Waals surface area (Å²) < 4.78 is 10.9. The van der Waals surface area contributed by atoms with Gasteiger partial charge in [-0.25, -0.2) is 4.98 Å². The first kappa shape index (κ1) is 29.6. The van der Waals surface area contributed by atoms with Crippen LogP contribution in [0.25, 0.3) is 0 Å². The molecule has 0 saturated heterocycles. The molecular weight excluding hydrogens is 548 g/mol. The van der Waals surface area contributed by atoms with Gasteiger partial charge in [-0.1, -0.05) is 11.6 Å². The first-order chi connectivity index (χ1) is 19.0. The average Bonchev–Trinajstić information content (AvgIpc) is 3.77. The number of hydrogen-bond acceptors (Lipinski definition) is 9. The third-order valence-corrected chi connectivity index (χ3v) is 7.03. The van der Waals surface area contributed by atoms with Crippen LogP contribution in [0.1, 0.15) is 28.9 Å². The number of nitrogens with one attached hydrogen (secondary N) is 2. The largest absolute Gasteiger partial charge is 0.497 e. The van der Waals surface area contributed by atoms with Crippen LogP contribution >= 0.6 is 23.4 Å². The minimum absolute atomic E-state index is 0.0700. The second-order valence-electron chi connectivity index (χ2n) is 10.4. The van der Waals surface area contributed by atoms with Gasteiger partial charge in [0.1, 0.15) is 40.9 Å². The molecule has 2 amide bonds. The number of carbonyl (C=O) groups excluding carboxylic acids is 2. The van der Waals surface area contributed by atoms with Crippen LogP contribution in [0, 0.1) is 5.92 Å². The Morgan fingerprint density at radius 1 is 1.15 bits per heavy atom. The Kier molecular flexibility index (Phi) is 9.20. The van der Waals surface area contributed by atoms with E-state index in [-0.39, 0.29) is 24.1 Å². The number of carbonyl (C=O) groups is 2. The number of methoxy groups -OCH3 is 2. The predicted octanol–water partition coefficient (Wildman–Crippen LogP) is 1.19. The standard InChI is InChI=1S/C25H30B3ClN6O4S/c1-38-16-7-6-14(18(9-16)39-2)12-35(24(37)13-4-5-13)20-10-17(21(34-33-20)23(36)32-25(26,27)28)31-22-19(40-3)8-15(29)11-30-22/h6-11,13H,4-5,12,26-28H2,1-3H3,(H,32,36)(H,30,31,33). The van der Waals surface area contributed by atoms with Crippen LogP contribution in [-0.2, 0) is 11.3 Å². The number of aromatic nitrogens is 3. The molecule has 3 aromatic rings. The highest BCUT2D eigenvalue weighted by atomic mass is 35.5. The van der Waals surface area contributed by atoms with E-state index in [4.69, 9.17) is 21.1 Å². The predicted molar refractivity (Wildman–Crippen MR) is 166 cm³/mol. The molecule has 2 N–H and O–H groups in total. The molecular formula is C25H30B3ClN6O4S. The quantitative estimate of drug-likeness (QED) is 0.256. The van der Waals surface area contributed by atoms with E-state index in [1.165, 1.54) is 18.0 Å². The number of benzene rings is 1. The zero-order valence-electron chi connectivity index (χ0n) is 23.4. The maximum absolute atomic E-state index is 13.5. The van der Waals surface area contributed by atoms with Gasteiger partial charge in [-0.2, -0.15) is 0 Å². The van der Waals surface area contributed by atoms with Gasteiger partial charge in [-0.3, -0.25) is 14.5 Å². The van der Waals surface area contributed by atoms with E-state index in [1.807, 2.05) is 41.9 Å². The second kappa shape index (κ2) is 12.4. The van der Waals surface area contributed by atoms with Crippen molar-refractivity contribution >= 4 is 76.0 Å². The number of ether oxygens (including phenoxy) is 2. The summed E-state index contributed by atoms with van der Waals surface area (Å²) in [5.74, 6) is 1.44. The van der Waals surface area contributed by atoms with E-state index >= 15 is 0 Å². The van der Waals surface area contributed by atoms with Crippen molar-refractivity contribution in [2.24, 2.45) is 5.92 Å². The Bertz CT molecular complexity index is 1420. The molecule has 206 valence electrons. The minimum Gasteiger partial charge on any atom is -0.497 e. The summed E-state index contributed by atoms with van der Waals surface area (Å²) in [6.45, 7) is 0.194. The first-order valence-corrected chi connectivity index (χ1v) is 14.3. The monoisotopic (exact) mass is 578 g/mol. The Hall–Kier alpha value is -3.38. The normalized spacial score (nSPS) is 12.9. The molecule has 0 atom stereocenters. The van der Waals surface area contributed by atoms with E-state index in [2.05, 4.69) is 25.8 Å². The van der Waals surface area contributed by atoms with Gasteiger partial charge in [0.15, 0.2) is 11.5 Å². The Labute approximate surface area is 245 Å². The molecule has 1 fully saturated rings. The van der Waals surface area contributed by atoms with Crippen LogP contribution in [0.4, 0.5) is 17.3 Å². The third kappa shape index (κ3) is 7.22. The summed E-state index contributed by atoms with van der Waals surface area (Å²) in [6.07, 6.45) is 5.05. The molecule has 2 heterocycles. The third-order valence-electron chi connectivity index (χ3n) is 6.07. The van der Waals surface area contributed by atoms with E-state index in [0.29, 0.717) is 33.8 Å². The van der Waals surface area contributed by atoms with Gasteiger partial charge in [0.05, 0.1) is 36.4 Å². The molecule has 1 saturated carbocycles. The number of anilines is 3. The Balaban J connectivity index is 1.79. The lowest BCUT2D eigenvalue weighted by atomic mass is 9.49. The molecule has 0 aliphatic heterocycles. The summed E-state index contributed by atoms with van der Waals surface area (Å²) in [5.41, 5.74) is 1.20. The fourth-order valence-electron chi connectivity index (χ4n) is 3.95. The van der Waals surface area contributed by atoms with Crippen molar-refractivity contribution in [1.82, 2.24) is 20.5 Å². The maximum Gasteiger partial charge on any atom is 0.272 e. The Morgan fingerprint density at radius 3 is 2.52 bits per heavy atom. The van der Waals surface area contributed by atoms with E-state index in [0.717, 1.165) is 23.3 Å². The zero-order valence-corrected chi connectivity index (χ0v) is 24.9. The van der Waals surface area contributed by atoms with Gasteiger partial charge < -0.3 is 20.1 Å². The van der Waals surface area contributed by atoms with Crippen LogP contribution in [-0.4, -0.2) is 76.2 Å². The topological polar surface area (TPSA) is 119 Å². The molecule has 40 heavy (non-hydrogen) atoms. The van der Waals surface area contributed by atoms with Gasteiger partial charge in [0.25, 0.3) is 5.91 Å². The SMILES string of the molecule is BC(B)(B)NC(=O)c1nnc(N(Cc2ccc(OC)cc2OC)C(=O)C2CC2)cc1Nc1ncc(Cl)cc1SC. The highest BCUT2D eigenvalue weighted by molar-refractivity contribution is 7.98. The number of rotatable bonds is 11. The highest BCUT2D eigenvalue weighted by Crippen LogP contribution is 2.36. The molecule has 1 aliphatic rings. The van der Waals surface area contributed by atoms with Gasteiger partial charge in [0.2, 0.25) is 5.91 Å². The summed E-state index contributed by atoms with van der Waals surface area (Å²) in [6, 6.07) is 8.87. The second-order valence-corrected chi connectivity index (χ2v) is 11.7. The summed E-state index contributed by atoms with van der Waals surface area (Å²) >= 11 is 7.61. The van der Waals surface area contributed by atoms with Gasteiger partial charge in [0, 0.05) is 29.8 Å². The molecule has 4 rings (SSSR count). The van der Waals surface area contributed by atoms with Crippen molar-refractivity contribution in [3.05, 3.63) is 52.8 Å². The lowest BCUT2D eigenvalue weighted by Crippen LogP contribution is -2.50.